The number of anilines is 1. The van der Waals surface area contributed by atoms with Gasteiger partial charge in [0.2, 0.25) is 5.91 Å². The first-order valence-electron chi connectivity index (χ1n) is 13.2. The number of imide groups is 1. The van der Waals surface area contributed by atoms with Crippen LogP contribution in [0.15, 0.2) is 24.3 Å². The molecule has 5 rings (SSSR count). The Morgan fingerprint density at radius 2 is 1.69 bits per heavy atom. The highest BCUT2D eigenvalue weighted by Gasteiger charge is 2.48. The highest BCUT2D eigenvalue weighted by molar-refractivity contribution is 6.15. The topological polar surface area (TPSA) is 73.4 Å². The number of benzene rings is 1. The summed E-state index contributed by atoms with van der Waals surface area (Å²) >= 11 is 0. The van der Waals surface area contributed by atoms with Crippen molar-refractivity contribution in [2.45, 2.75) is 81.8 Å². The largest absolute Gasteiger partial charge is 0.450 e. The quantitative estimate of drug-likeness (QED) is 0.638. The Morgan fingerprint density at radius 1 is 1.03 bits per heavy atom. The van der Waals surface area contributed by atoms with Crippen molar-refractivity contribution < 1.29 is 19.1 Å². The molecule has 8 nitrogen and oxygen atoms in total. The molecule has 0 saturated carbocycles. The summed E-state index contributed by atoms with van der Waals surface area (Å²) in [5, 5.41) is 0. The molecule has 3 fully saturated rings. The Balaban J connectivity index is 1.32. The van der Waals surface area contributed by atoms with E-state index in [2.05, 4.69) is 11.0 Å². The van der Waals surface area contributed by atoms with Crippen LogP contribution < -0.4 is 4.90 Å². The van der Waals surface area contributed by atoms with E-state index < -0.39 is 0 Å². The minimum Gasteiger partial charge on any atom is -0.450 e. The van der Waals surface area contributed by atoms with Gasteiger partial charge in [0.05, 0.1) is 12.3 Å². The number of urea groups is 1. The lowest BCUT2D eigenvalue weighted by Gasteiger charge is -2.48. The molecule has 3 saturated heterocycles. The number of hydrogen-bond donors (Lipinski definition) is 0. The van der Waals surface area contributed by atoms with Crippen molar-refractivity contribution in [2.75, 3.05) is 38.7 Å². The maximum absolute atomic E-state index is 13.1. The van der Waals surface area contributed by atoms with Gasteiger partial charge >= 0.3 is 12.1 Å². The molecule has 0 aromatic heterocycles. The third kappa shape index (κ3) is 4.20. The van der Waals surface area contributed by atoms with Gasteiger partial charge in [-0.3, -0.25) is 4.79 Å². The summed E-state index contributed by atoms with van der Waals surface area (Å²) in [6.45, 7) is 4.25. The van der Waals surface area contributed by atoms with Crippen molar-refractivity contribution >= 4 is 23.7 Å². The average Bonchev–Trinajstić information content (AvgIpc) is 3.06. The molecule has 2 bridgehead atoms. The molecule has 4 amide bonds. The number of ether oxygens (including phenoxy) is 1. The fourth-order valence-corrected chi connectivity index (χ4v) is 7.03. The van der Waals surface area contributed by atoms with Crippen molar-refractivity contribution in [3.05, 3.63) is 29.8 Å². The van der Waals surface area contributed by atoms with Crippen molar-refractivity contribution in [2.24, 2.45) is 0 Å². The normalized spacial score (nSPS) is 28.0. The van der Waals surface area contributed by atoms with E-state index in [1.165, 1.54) is 9.80 Å². The van der Waals surface area contributed by atoms with Gasteiger partial charge < -0.3 is 19.4 Å². The predicted molar refractivity (Wildman–Crippen MR) is 133 cm³/mol. The van der Waals surface area contributed by atoms with Crippen LogP contribution in [0.2, 0.25) is 0 Å². The average molecular weight is 483 g/mol. The molecule has 1 spiro atoms. The SMILES string of the molecule is CCOC(=O)N1C2CCC1CC(N1CCC3(CCC(=O)N(C(=O)N(C)C)c4ccccc43)CC1)C2. The van der Waals surface area contributed by atoms with Crippen LogP contribution >= 0.6 is 0 Å². The second-order valence-corrected chi connectivity index (χ2v) is 10.9. The van der Waals surface area contributed by atoms with E-state index in [0.717, 1.165) is 69.3 Å². The number of fused-ring (bicyclic) bond motifs is 4. The summed E-state index contributed by atoms with van der Waals surface area (Å²) in [5.74, 6) is -0.113. The predicted octanol–water partition coefficient (Wildman–Crippen LogP) is 3.98. The Morgan fingerprint density at radius 3 is 2.31 bits per heavy atom. The Kier molecular flexibility index (Phi) is 6.51. The summed E-state index contributed by atoms with van der Waals surface area (Å²) in [6.07, 6.45) is 7.16. The summed E-state index contributed by atoms with van der Waals surface area (Å²) in [6, 6.07) is 8.79. The molecular formula is C27H38N4O4. The molecule has 4 aliphatic rings. The number of carbonyl (C=O) groups is 3. The van der Waals surface area contributed by atoms with E-state index in [4.69, 9.17) is 4.74 Å². The third-order valence-electron chi connectivity index (χ3n) is 8.82. The van der Waals surface area contributed by atoms with E-state index in [9.17, 15) is 14.4 Å². The van der Waals surface area contributed by atoms with Gasteiger partial charge in [-0.25, -0.2) is 14.5 Å². The maximum Gasteiger partial charge on any atom is 0.410 e. The molecule has 0 N–H and O–H groups in total. The molecule has 2 atom stereocenters. The van der Waals surface area contributed by atoms with Crippen molar-refractivity contribution in [1.29, 1.82) is 0 Å². The zero-order valence-corrected chi connectivity index (χ0v) is 21.2. The van der Waals surface area contributed by atoms with Gasteiger partial charge in [-0.15, -0.1) is 0 Å². The lowest BCUT2D eigenvalue weighted by Crippen LogP contribution is -2.55. The van der Waals surface area contributed by atoms with Gasteiger partial charge in [0.15, 0.2) is 0 Å². The van der Waals surface area contributed by atoms with Crippen molar-refractivity contribution in [1.82, 2.24) is 14.7 Å². The summed E-state index contributed by atoms with van der Waals surface area (Å²) < 4.78 is 5.33. The van der Waals surface area contributed by atoms with Gasteiger partial charge in [-0.05, 0) is 76.6 Å². The lowest BCUT2D eigenvalue weighted by molar-refractivity contribution is -0.118. The number of hydrogen-bond acceptors (Lipinski definition) is 5. The zero-order valence-electron chi connectivity index (χ0n) is 21.2. The number of carbonyl (C=O) groups excluding carboxylic acids is 3. The highest BCUT2D eigenvalue weighted by atomic mass is 16.6. The molecule has 0 radical (unpaired) electrons. The molecule has 4 heterocycles. The Labute approximate surface area is 208 Å². The van der Waals surface area contributed by atoms with E-state index in [-0.39, 0.29) is 35.5 Å². The van der Waals surface area contributed by atoms with Crippen LogP contribution in [0.5, 0.6) is 0 Å². The molecular weight excluding hydrogens is 444 g/mol. The molecule has 190 valence electrons. The van der Waals surface area contributed by atoms with E-state index in [1.54, 1.807) is 14.1 Å². The molecule has 8 heteroatoms. The summed E-state index contributed by atoms with van der Waals surface area (Å²) in [7, 11) is 3.38. The van der Waals surface area contributed by atoms with E-state index in [1.807, 2.05) is 30.0 Å². The first-order valence-corrected chi connectivity index (χ1v) is 13.2. The second kappa shape index (κ2) is 9.45. The van der Waals surface area contributed by atoms with Crippen LogP contribution in [0.25, 0.3) is 0 Å². The van der Waals surface area contributed by atoms with Gasteiger partial charge in [0.1, 0.15) is 0 Å². The van der Waals surface area contributed by atoms with Gasteiger partial charge in [-0.2, -0.15) is 0 Å². The van der Waals surface area contributed by atoms with Crippen LogP contribution in [0.1, 0.15) is 63.9 Å². The molecule has 1 aromatic carbocycles. The first-order chi connectivity index (χ1) is 16.8. The standard InChI is InChI=1S/C27H38N4O4/c1-4-35-26(34)30-19-9-10-20(30)18-21(17-19)29-15-13-27(14-16-29)12-11-24(32)31(25(33)28(2)3)23-8-6-5-7-22(23)27/h5-8,19-21H,4,9-18H2,1-3H3. The van der Waals surface area contributed by atoms with Crippen LogP contribution in [0.4, 0.5) is 15.3 Å². The number of piperidine rings is 2. The van der Waals surface area contributed by atoms with E-state index in [0.29, 0.717) is 19.1 Å². The minimum atomic E-state index is -0.277. The van der Waals surface area contributed by atoms with Gasteiger partial charge in [-0.1, -0.05) is 18.2 Å². The fraction of sp³-hybridized carbons (Fsp3) is 0.667. The highest BCUT2D eigenvalue weighted by Crippen LogP contribution is 2.47. The van der Waals surface area contributed by atoms with Crippen LogP contribution in [-0.2, 0) is 14.9 Å². The van der Waals surface area contributed by atoms with Crippen LogP contribution in [0.3, 0.4) is 0 Å². The number of likely N-dealkylation sites (tertiary alicyclic amines) is 1. The van der Waals surface area contributed by atoms with Crippen LogP contribution in [-0.4, -0.2) is 84.6 Å². The third-order valence-corrected chi connectivity index (χ3v) is 8.82. The monoisotopic (exact) mass is 482 g/mol. The van der Waals surface area contributed by atoms with Gasteiger partial charge in [0.25, 0.3) is 0 Å². The summed E-state index contributed by atoms with van der Waals surface area (Å²) in [4.78, 5) is 46.0. The number of para-hydroxylation sites is 1. The minimum absolute atomic E-state index is 0.0886. The number of amides is 4. The number of rotatable bonds is 2. The molecule has 2 unspecified atom stereocenters. The molecule has 35 heavy (non-hydrogen) atoms. The van der Waals surface area contributed by atoms with Crippen molar-refractivity contribution in [3.63, 3.8) is 0 Å². The Bertz CT molecular complexity index is 973. The zero-order chi connectivity index (χ0) is 24.7. The van der Waals surface area contributed by atoms with Crippen LogP contribution in [0, 0.1) is 0 Å². The Hall–Kier alpha value is -2.61. The maximum atomic E-state index is 13.1. The fourth-order valence-electron chi connectivity index (χ4n) is 7.03. The number of nitrogens with zero attached hydrogens (tertiary/aromatic N) is 4. The second-order valence-electron chi connectivity index (χ2n) is 10.9. The van der Waals surface area contributed by atoms with Gasteiger partial charge in [0, 0.05) is 44.1 Å². The first kappa shape index (κ1) is 24.1. The molecule has 1 aromatic rings. The molecule has 4 aliphatic heterocycles. The van der Waals surface area contributed by atoms with Crippen molar-refractivity contribution in [3.8, 4) is 0 Å². The lowest BCUT2D eigenvalue weighted by atomic mass is 9.69. The smallest absolute Gasteiger partial charge is 0.410 e. The summed E-state index contributed by atoms with van der Waals surface area (Å²) in [5.41, 5.74) is 1.80. The molecule has 0 aliphatic carbocycles. The van der Waals surface area contributed by atoms with E-state index >= 15 is 0 Å².